The minimum Gasteiger partial charge on any atom is -0.497 e. The molecular formula is C17H22N2O. The maximum atomic E-state index is 6.15. The van der Waals surface area contributed by atoms with Crippen molar-refractivity contribution in [3.8, 4) is 5.75 Å². The Morgan fingerprint density at radius 2 is 1.50 bits per heavy atom. The van der Waals surface area contributed by atoms with E-state index < -0.39 is 0 Å². The molecule has 0 amide bonds. The molecule has 0 saturated carbocycles. The van der Waals surface area contributed by atoms with Gasteiger partial charge in [0, 0.05) is 0 Å². The lowest BCUT2D eigenvalue weighted by Crippen LogP contribution is -2.24. The van der Waals surface area contributed by atoms with E-state index in [0.717, 1.165) is 23.5 Å². The lowest BCUT2D eigenvalue weighted by atomic mass is 10.1. The van der Waals surface area contributed by atoms with Crippen LogP contribution in [0.1, 0.15) is 25.3 Å². The Morgan fingerprint density at radius 1 is 0.950 bits per heavy atom. The number of benzene rings is 2. The van der Waals surface area contributed by atoms with Gasteiger partial charge in [0.25, 0.3) is 0 Å². The molecule has 0 atom stereocenters. The summed E-state index contributed by atoms with van der Waals surface area (Å²) in [6.07, 6.45) is 3.57. The molecule has 0 fully saturated rings. The molecule has 0 aliphatic carbocycles. The van der Waals surface area contributed by atoms with E-state index in [1.54, 1.807) is 12.1 Å². The third-order valence-corrected chi connectivity index (χ3v) is 3.38. The highest BCUT2D eigenvalue weighted by molar-refractivity contribution is 5.62. The second-order valence-corrected chi connectivity index (χ2v) is 4.84. The molecule has 0 aliphatic heterocycles. The summed E-state index contributed by atoms with van der Waals surface area (Å²) >= 11 is 0. The Morgan fingerprint density at radius 3 is 2.00 bits per heavy atom. The minimum atomic E-state index is 0.831. The molecule has 0 heterocycles. The molecule has 0 radical (unpaired) electrons. The monoisotopic (exact) mass is 270 g/mol. The van der Waals surface area contributed by atoms with Gasteiger partial charge < -0.3 is 4.74 Å². The summed E-state index contributed by atoms with van der Waals surface area (Å²) < 4.78 is 5.15. The SMILES string of the molecule is CCCCc1ccc(N(N)c2ccc(OC)cc2)cc1. The molecule has 3 heteroatoms. The zero-order valence-electron chi connectivity index (χ0n) is 12.2. The van der Waals surface area contributed by atoms with Crippen LogP contribution >= 0.6 is 0 Å². The third-order valence-electron chi connectivity index (χ3n) is 3.38. The summed E-state index contributed by atoms with van der Waals surface area (Å²) in [4.78, 5) is 0. The van der Waals surface area contributed by atoms with Gasteiger partial charge in [-0.3, -0.25) is 5.01 Å². The maximum Gasteiger partial charge on any atom is 0.119 e. The molecule has 0 saturated heterocycles. The van der Waals surface area contributed by atoms with Gasteiger partial charge in [0.2, 0.25) is 0 Å². The average Bonchev–Trinajstić information content (AvgIpc) is 2.53. The number of nitrogens with zero attached hydrogens (tertiary/aromatic N) is 1. The number of nitrogens with two attached hydrogens (primary N) is 1. The van der Waals surface area contributed by atoms with Crippen LogP contribution in [0.25, 0.3) is 0 Å². The van der Waals surface area contributed by atoms with Crippen LogP contribution in [0, 0.1) is 0 Å². The summed E-state index contributed by atoms with van der Waals surface area (Å²) in [6, 6.07) is 16.1. The van der Waals surface area contributed by atoms with E-state index in [0.29, 0.717) is 0 Å². The van der Waals surface area contributed by atoms with Crippen molar-refractivity contribution in [3.63, 3.8) is 0 Å². The molecule has 0 spiro atoms. The van der Waals surface area contributed by atoms with Gasteiger partial charge in [0.05, 0.1) is 18.5 Å². The third kappa shape index (κ3) is 3.52. The van der Waals surface area contributed by atoms with Gasteiger partial charge in [0.15, 0.2) is 0 Å². The van der Waals surface area contributed by atoms with Gasteiger partial charge in [-0.05, 0) is 54.8 Å². The molecule has 0 aromatic heterocycles. The molecular weight excluding hydrogens is 248 g/mol. The second-order valence-electron chi connectivity index (χ2n) is 4.84. The molecule has 106 valence electrons. The highest BCUT2D eigenvalue weighted by atomic mass is 16.5. The number of ether oxygens (including phenoxy) is 1. The second kappa shape index (κ2) is 6.96. The van der Waals surface area contributed by atoms with Crippen LogP contribution in [-0.4, -0.2) is 7.11 Å². The van der Waals surface area contributed by atoms with Crippen LogP contribution in [0.5, 0.6) is 5.75 Å². The number of unbranched alkanes of at least 4 members (excludes halogenated alkanes) is 1. The summed E-state index contributed by atoms with van der Waals surface area (Å²) in [5, 5.41) is 1.68. The van der Waals surface area contributed by atoms with E-state index in [1.807, 2.05) is 24.3 Å². The molecule has 2 rings (SSSR count). The van der Waals surface area contributed by atoms with Crippen molar-refractivity contribution >= 4 is 11.4 Å². The summed E-state index contributed by atoms with van der Waals surface area (Å²) in [7, 11) is 1.66. The summed E-state index contributed by atoms with van der Waals surface area (Å²) in [6.45, 7) is 2.21. The Hall–Kier alpha value is -2.00. The first-order valence-corrected chi connectivity index (χ1v) is 7.02. The van der Waals surface area contributed by atoms with Crippen LogP contribution in [0.3, 0.4) is 0 Å². The predicted molar refractivity (Wildman–Crippen MR) is 84.4 cm³/mol. The molecule has 0 aliphatic rings. The van der Waals surface area contributed by atoms with Gasteiger partial charge in [-0.1, -0.05) is 25.5 Å². The zero-order chi connectivity index (χ0) is 14.4. The van der Waals surface area contributed by atoms with Crippen LogP contribution in [0.15, 0.2) is 48.5 Å². The molecule has 2 aromatic rings. The fourth-order valence-electron chi connectivity index (χ4n) is 2.10. The molecule has 2 aromatic carbocycles. The fraction of sp³-hybridized carbons (Fsp3) is 0.294. The molecule has 2 N–H and O–H groups in total. The van der Waals surface area contributed by atoms with E-state index in [2.05, 4.69) is 31.2 Å². The smallest absolute Gasteiger partial charge is 0.119 e. The van der Waals surface area contributed by atoms with Crippen LogP contribution in [-0.2, 0) is 6.42 Å². The Bertz CT molecular complexity index is 520. The van der Waals surface area contributed by atoms with Crippen LogP contribution in [0.2, 0.25) is 0 Å². The predicted octanol–water partition coefficient (Wildman–Crippen LogP) is 4.05. The number of rotatable bonds is 6. The van der Waals surface area contributed by atoms with Crippen molar-refractivity contribution in [1.82, 2.24) is 0 Å². The molecule has 0 unspecified atom stereocenters. The topological polar surface area (TPSA) is 38.5 Å². The van der Waals surface area contributed by atoms with Crippen molar-refractivity contribution in [2.24, 2.45) is 5.84 Å². The number of hydrazine groups is 1. The highest BCUT2D eigenvalue weighted by Gasteiger charge is 2.05. The Kier molecular flexibility index (Phi) is 5.02. The lowest BCUT2D eigenvalue weighted by Gasteiger charge is -2.19. The molecule has 3 nitrogen and oxygen atoms in total. The zero-order valence-corrected chi connectivity index (χ0v) is 12.2. The van der Waals surface area contributed by atoms with Crippen LogP contribution in [0.4, 0.5) is 11.4 Å². The van der Waals surface area contributed by atoms with E-state index in [-0.39, 0.29) is 0 Å². The number of methoxy groups -OCH3 is 1. The molecule has 20 heavy (non-hydrogen) atoms. The van der Waals surface area contributed by atoms with E-state index >= 15 is 0 Å². The van der Waals surface area contributed by atoms with E-state index in [1.165, 1.54) is 18.4 Å². The van der Waals surface area contributed by atoms with Crippen LogP contribution < -0.4 is 15.6 Å². The van der Waals surface area contributed by atoms with Gasteiger partial charge in [-0.2, -0.15) is 0 Å². The summed E-state index contributed by atoms with van der Waals surface area (Å²) in [5.41, 5.74) is 3.28. The first-order valence-electron chi connectivity index (χ1n) is 7.02. The van der Waals surface area contributed by atoms with Crippen molar-refractivity contribution in [2.45, 2.75) is 26.2 Å². The normalized spacial score (nSPS) is 10.3. The van der Waals surface area contributed by atoms with Gasteiger partial charge in [-0.15, -0.1) is 0 Å². The fourth-order valence-corrected chi connectivity index (χ4v) is 2.10. The van der Waals surface area contributed by atoms with Gasteiger partial charge in [-0.25, -0.2) is 5.84 Å². The van der Waals surface area contributed by atoms with Crippen molar-refractivity contribution < 1.29 is 4.74 Å². The lowest BCUT2D eigenvalue weighted by molar-refractivity contribution is 0.415. The first kappa shape index (κ1) is 14.4. The van der Waals surface area contributed by atoms with E-state index in [9.17, 15) is 0 Å². The highest BCUT2D eigenvalue weighted by Crippen LogP contribution is 2.24. The standard InChI is InChI=1S/C17H22N2O/c1-3-4-5-14-6-8-15(9-7-14)19(18)16-10-12-17(20-2)13-11-16/h6-13H,3-5,18H2,1-2H3. The number of hydrogen-bond donors (Lipinski definition) is 1. The largest absolute Gasteiger partial charge is 0.497 e. The number of anilines is 2. The Labute approximate surface area is 120 Å². The van der Waals surface area contributed by atoms with E-state index in [4.69, 9.17) is 10.6 Å². The Balaban J connectivity index is 2.09. The molecule has 0 bridgehead atoms. The average molecular weight is 270 g/mol. The van der Waals surface area contributed by atoms with Gasteiger partial charge in [0.1, 0.15) is 5.75 Å². The van der Waals surface area contributed by atoms with Gasteiger partial charge >= 0.3 is 0 Å². The quantitative estimate of drug-likeness (QED) is 0.635. The summed E-state index contributed by atoms with van der Waals surface area (Å²) in [5.74, 6) is 6.98. The maximum absolute atomic E-state index is 6.15. The van der Waals surface area contributed by atoms with Crippen molar-refractivity contribution in [3.05, 3.63) is 54.1 Å². The number of hydrogen-bond acceptors (Lipinski definition) is 3. The minimum absolute atomic E-state index is 0.831. The first-order chi connectivity index (χ1) is 9.74. The van der Waals surface area contributed by atoms with Crippen molar-refractivity contribution in [1.29, 1.82) is 0 Å². The number of aryl methyl sites for hydroxylation is 1. The van der Waals surface area contributed by atoms with Crippen molar-refractivity contribution in [2.75, 3.05) is 12.1 Å².